The molecule has 10 heteroatoms. The van der Waals surface area contributed by atoms with Crippen molar-refractivity contribution in [1.82, 2.24) is 30.1 Å². The van der Waals surface area contributed by atoms with Crippen molar-refractivity contribution in [3.05, 3.63) is 42.2 Å². The molecule has 0 saturated carbocycles. The van der Waals surface area contributed by atoms with Crippen molar-refractivity contribution in [1.29, 1.82) is 0 Å². The zero-order valence-electron chi connectivity index (χ0n) is 24.8. The number of amides is 2. The van der Waals surface area contributed by atoms with Crippen LogP contribution < -0.4 is 5.32 Å². The predicted molar refractivity (Wildman–Crippen MR) is 165 cm³/mol. The van der Waals surface area contributed by atoms with Gasteiger partial charge < -0.3 is 15.1 Å². The number of unbranched alkanes of at least 4 members (excludes halogenated alkanes) is 5. The van der Waals surface area contributed by atoms with Gasteiger partial charge >= 0.3 is 0 Å². The molecular formula is C31H48N6O3S. The lowest BCUT2D eigenvalue weighted by atomic mass is 9.94. The average molecular weight is 585 g/mol. The minimum absolute atomic E-state index is 0.0336. The first-order valence-corrected chi connectivity index (χ1v) is 15.8. The quantitative estimate of drug-likeness (QED) is 0.191. The molecule has 0 aliphatic carbocycles. The number of hydrogen-bond donors (Lipinski definition) is 2. The highest BCUT2D eigenvalue weighted by Crippen LogP contribution is 2.21. The van der Waals surface area contributed by atoms with Crippen molar-refractivity contribution >= 4 is 29.6 Å². The summed E-state index contributed by atoms with van der Waals surface area (Å²) in [6.07, 6.45) is 14.6. The van der Waals surface area contributed by atoms with Gasteiger partial charge in [0, 0.05) is 50.1 Å². The number of carbonyl (C=O) groups excluding carboxylic acids is 3. The maximum absolute atomic E-state index is 13.1. The van der Waals surface area contributed by atoms with Gasteiger partial charge in [0.2, 0.25) is 5.91 Å². The topological polar surface area (TPSA) is 100 Å². The molecule has 1 aromatic carbocycles. The van der Waals surface area contributed by atoms with Crippen molar-refractivity contribution in [3.8, 4) is 5.69 Å². The molecule has 2 atom stereocenters. The molecular weight excluding hydrogens is 536 g/mol. The Morgan fingerprint density at radius 2 is 1.59 bits per heavy atom. The second-order valence-electron chi connectivity index (χ2n) is 11.3. The molecule has 2 amide bonds. The Morgan fingerprint density at radius 3 is 2.24 bits per heavy atom. The second-order valence-corrected chi connectivity index (χ2v) is 11.8. The molecule has 1 fully saturated rings. The monoisotopic (exact) mass is 584 g/mol. The lowest BCUT2D eigenvalue weighted by molar-refractivity contribution is -0.133. The predicted octanol–water partition coefficient (Wildman–Crippen LogP) is 4.91. The highest BCUT2D eigenvalue weighted by Gasteiger charge is 2.23. The molecule has 1 saturated heterocycles. The molecule has 226 valence electrons. The maximum Gasteiger partial charge on any atom is 0.251 e. The normalized spacial score (nSPS) is 15.4. The fraction of sp³-hybridized carbons (Fsp3) is 0.645. The van der Waals surface area contributed by atoms with E-state index in [1.807, 2.05) is 17.0 Å². The van der Waals surface area contributed by atoms with Gasteiger partial charge in [-0.05, 0) is 57.0 Å². The molecule has 9 nitrogen and oxygen atoms in total. The van der Waals surface area contributed by atoms with E-state index < -0.39 is 0 Å². The van der Waals surface area contributed by atoms with Gasteiger partial charge in [0.05, 0.1) is 18.1 Å². The molecule has 2 heterocycles. The third-order valence-corrected chi connectivity index (χ3v) is 8.44. The zero-order valence-corrected chi connectivity index (χ0v) is 25.7. The Morgan fingerprint density at radius 1 is 0.902 bits per heavy atom. The van der Waals surface area contributed by atoms with E-state index in [2.05, 4.69) is 47.1 Å². The number of carbonyl (C=O) groups is 3. The minimum Gasteiger partial charge on any atom is -0.349 e. The van der Waals surface area contributed by atoms with Crippen LogP contribution in [0.2, 0.25) is 0 Å². The van der Waals surface area contributed by atoms with Gasteiger partial charge in [-0.2, -0.15) is 0 Å². The third-order valence-electron chi connectivity index (χ3n) is 8.07. The maximum atomic E-state index is 13.1. The Bertz CT molecular complexity index is 1050. The molecule has 1 aliphatic heterocycles. The number of thiol groups is 1. The van der Waals surface area contributed by atoms with Crippen LogP contribution in [0.5, 0.6) is 0 Å². The number of aromatic nitrogens is 3. The second kappa shape index (κ2) is 18.0. The number of piperazine rings is 1. The summed E-state index contributed by atoms with van der Waals surface area (Å²) in [5, 5.41) is 10.9. The number of nitrogens with one attached hydrogen (secondary N) is 1. The fourth-order valence-electron chi connectivity index (χ4n) is 5.35. The number of rotatable bonds is 18. The van der Waals surface area contributed by atoms with E-state index in [1.165, 1.54) is 25.7 Å². The number of nitrogens with zero attached hydrogens (tertiary/aromatic N) is 5. The number of likely N-dealkylation sites (N-methyl/N-ethyl adjacent to an activating group) is 1. The summed E-state index contributed by atoms with van der Waals surface area (Å²) in [4.78, 5) is 42.2. The Hall–Kier alpha value is -2.72. The van der Waals surface area contributed by atoms with E-state index >= 15 is 0 Å². The Labute approximate surface area is 250 Å². The van der Waals surface area contributed by atoms with Crippen LogP contribution in [0, 0.1) is 5.92 Å². The van der Waals surface area contributed by atoms with Crippen molar-refractivity contribution in [3.63, 3.8) is 0 Å². The van der Waals surface area contributed by atoms with Crippen molar-refractivity contribution in [2.45, 2.75) is 90.0 Å². The van der Waals surface area contributed by atoms with Crippen LogP contribution in [-0.4, -0.2) is 81.0 Å². The first-order valence-electron chi connectivity index (χ1n) is 15.3. The van der Waals surface area contributed by atoms with Gasteiger partial charge in [-0.3, -0.25) is 14.4 Å². The molecule has 1 aliphatic rings. The van der Waals surface area contributed by atoms with Crippen LogP contribution >= 0.6 is 12.6 Å². The molecule has 0 spiro atoms. The summed E-state index contributed by atoms with van der Waals surface area (Å²) in [7, 11) is 2.07. The highest BCUT2D eigenvalue weighted by molar-refractivity contribution is 7.96. The van der Waals surface area contributed by atoms with Gasteiger partial charge in [0.1, 0.15) is 0 Å². The summed E-state index contributed by atoms with van der Waals surface area (Å²) in [6, 6.07) is 7.37. The van der Waals surface area contributed by atoms with Crippen LogP contribution in [0.4, 0.5) is 0 Å². The standard InChI is InChI=1S/C31H48N6O3S/c1-3-4-5-6-7-8-11-27(33-30(39)25-13-16-28(17-14-25)37-20-19-32-34-37)12-9-10-26(31(40)41)15-18-29(38)36-23-21-35(2)22-24-36/h13-14,16-17,19-20,26-27H,3-12,15,18,21-24H2,1-2H3,(H,33,39)(H,40,41). The fourth-order valence-corrected chi connectivity index (χ4v) is 5.61. The first kappa shape index (κ1) is 32.8. The molecule has 0 radical (unpaired) electrons. The van der Waals surface area contributed by atoms with E-state index in [-0.39, 0.29) is 28.9 Å². The van der Waals surface area contributed by atoms with Crippen LogP contribution in [-0.2, 0) is 9.59 Å². The van der Waals surface area contributed by atoms with E-state index in [0.717, 1.165) is 64.0 Å². The highest BCUT2D eigenvalue weighted by atomic mass is 32.1. The SMILES string of the molecule is CCCCCCCCC(CCCC(CCC(=O)N1CCN(C)CC1)C(=O)S)NC(=O)c1ccc(-n2ccnn2)cc1. The number of hydrogen-bond acceptors (Lipinski definition) is 6. The van der Waals surface area contributed by atoms with Crippen LogP contribution in [0.1, 0.15) is 94.3 Å². The van der Waals surface area contributed by atoms with Gasteiger partial charge in [0.25, 0.3) is 5.91 Å². The van der Waals surface area contributed by atoms with E-state index in [4.69, 9.17) is 0 Å². The smallest absolute Gasteiger partial charge is 0.251 e. The Balaban J connectivity index is 1.50. The summed E-state index contributed by atoms with van der Waals surface area (Å²) < 4.78 is 1.65. The summed E-state index contributed by atoms with van der Waals surface area (Å²) in [5.74, 6) is -0.212. The van der Waals surface area contributed by atoms with Gasteiger partial charge in [-0.15, -0.1) is 17.7 Å². The largest absolute Gasteiger partial charge is 0.349 e. The Kier molecular flexibility index (Phi) is 14.4. The van der Waals surface area contributed by atoms with Gasteiger partial charge in [-0.1, -0.05) is 57.1 Å². The molecule has 2 unspecified atom stereocenters. The average Bonchev–Trinajstić information content (AvgIpc) is 3.51. The van der Waals surface area contributed by atoms with E-state index in [1.54, 1.807) is 29.2 Å². The van der Waals surface area contributed by atoms with Gasteiger partial charge in [-0.25, -0.2) is 4.68 Å². The molecule has 2 aromatic rings. The van der Waals surface area contributed by atoms with Crippen LogP contribution in [0.15, 0.2) is 36.7 Å². The summed E-state index contributed by atoms with van der Waals surface area (Å²) in [6.45, 7) is 5.49. The lowest BCUT2D eigenvalue weighted by Crippen LogP contribution is -2.47. The van der Waals surface area contributed by atoms with E-state index in [9.17, 15) is 14.4 Å². The molecule has 1 N–H and O–H groups in total. The van der Waals surface area contributed by atoms with Crippen LogP contribution in [0.3, 0.4) is 0 Å². The lowest BCUT2D eigenvalue weighted by Gasteiger charge is -2.32. The molecule has 0 bridgehead atoms. The molecule has 41 heavy (non-hydrogen) atoms. The summed E-state index contributed by atoms with van der Waals surface area (Å²) >= 11 is 4.14. The van der Waals surface area contributed by atoms with Crippen LogP contribution in [0.25, 0.3) is 5.69 Å². The number of benzene rings is 1. The molecule has 1 aromatic heterocycles. The van der Waals surface area contributed by atoms with Crippen molar-refractivity contribution < 1.29 is 14.4 Å². The zero-order chi connectivity index (χ0) is 29.5. The van der Waals surface area contributed by atoms with Crippen molar-refractivity contribution in [2.24, 2.45) is 5.92 Å². The summed E-state index contributed by atoms with van der Waals surface area (Å²) in [5.41, 5.74) is 1.45. The molecule has 3 rings (SSSR count). The van der Waals surface area contributed by atoms with E-state index in [0.29, 0.717) is 24.8 Å². The van der Waals surface area contributed by atoms with Gasteiger partial charge in [0.15, 0.2) is 5.12 Å². The first-order chi connectivity index (χ1) is 19.9. The minimum atomic E-state index is -0.246. The van der Waals surface area contributed by atoms with Crippen molar-refractivity contribution in [2.75, 3.05) is 33.2 Å². The third kappa shape index (κ3) is 11.6.